The number of nitrogens with two attached hydrogens (primary N) is 1. The SMILES string of the molecule is CCN(CC)CCN1C(N)=NCC1c1cnn(C(C)C)c1. The predicted molar refractivity (Wildman–Crippen MR) is 86.3 cm³/mol. The molecule has 6 heteroatoms. The number of guanidine groups is 1. The maximum Gasteiger partial charge on any atom is 0.191 e. The molecular weight excluding hydrogens is 264 g/mol. The molecule has 0 aliphatic carbocycles. The van der Waals surface area contributed by atoms with Crippen molar-refractivity contribution in [2.75, 3.05) is 32.7 Å². The lowest BCUT2D eigenvalue weighted by atomic mass is 10.1. The molecule has 1 aromatic heterocycles. The fourth-order valence-electron chi connectivity index (χ4n) is 2.68. The van der Waals surface area contributed by atoms with Gasteiger partial charge in [0.05, 0.1) is 18.8 Å². The molecule has 0 saturated heterocycles. The minimum Gasteiger partial charge on any atom is -0.370 e. The number of hydrogen-bond donors (Lipinski definition) is 1. The van der Waals surface area contributed by atoms with Gasteiger partial charge < -0.3 is 15.5 Å². The van der Waals surface area contributed by atoms with E-state index in [9.17, 15) is 0 Å². The minimum absolute atomic E-state index is 0.230. The van der Waals surface area contributed by atoms with Gasteiger partial charge in [-0.1, -0.05) is 13.8 Å². The van der Waals surface area contributed by atoms with Crippen LogP contribution in [0.4, 0.5) is 0 Å². The Bertz CT molecular complexity index is 474. The molecule has 2 rings (SSSR count). The van der Waals surface area contributed by atoms with Crippen molar-refractivity contribution in [1.82, 2.24) is 19.6 Å². The molecule has 1 atom stereocenters. The van der Waals surface area contributed by atoms with E-state index in [0.717, 1.165) is 32.7 Å². The van der Waals surface area contributed by atoms with E-state index < -0.39 is 0 Å². The number of hydrogen-bond acceptors (Lipinski definition) is 5. The molecule has 2 heterocycles. The summed E-state index contributed by atoms with van der Waals surface area (Å²) in [5.74, 6) is 0.657. The fourth-order valence-corrected chi connectivity index (χ4v) is 2.68. The number of rotatable bonds is 7. The average molecular weight is 292 g/mol. The third-order valence-corrected chi connectivity index (χ3v) is 4.18. The lowest BCUT2D eigenvalue weighted by molar-refractivity contribution is 0.248. The fraction of sp³-hybridized carbons (Fsp3) is 0.733. The van der Waals surface area contributed by atoms with Gasteiger partial charge in [-0.3, -0.25) is 9.67 Å². The zero-order valence-corrected chi connectivity index (χ0v) is 13.7. The Hall–Kier alpha value is -1.56. The topological polar surface area (TPSA) is 62.7 Å². The summed E-state index contributed by atoms with van der Waals surface area (Å²) in [6.45, 7) is 13.4. The molecule has 0 spiro atoms. The van der Waals surface area contributed by atoms with Crippen molar-refractivity contribution >= 4 is 5.96 Å². The first-order valence-corrected chi connectivity index (χ1v) is 7.89. The second kappa shape index (κ2) is 6.93. The number of aromatic nitrogens is 2. The van der Waals surface area contributed by atoms with Crippen molar-refractivity contribution in [1.29, 1.82) is 0 Å². The highest BCUT2D eigenvalue weighted by molar-refractivity contribution is 5.80. The van der Waals surface area contributed by atoms with Gasteiger partial charge in [-0.05, 0) is 26.9 Å². The van der Waals surface area contributed by atoms with Gasteiger partial charge in [0.15, 0.2) is 5.96 Å². The number of aliphatic imine (C=N–C) groups is 1. The Morgan fingerprint density at radius 1 is 1.38 bits per heavy atom. The van der Waals surface area contributed by atoms with E-state index in [1.54, 1.807) is 0 Å². The number of nitrogens with zero attached hydrogens (tertiary/aromatic N) is 5. The smallest absolute Gasteiger partial charge is 0.191 e. The first-order chi connectivity index (χ1) is 10.1. The van der Waals surface area contributed by atoms with Crippen molar-refractivity contribution < 1.29 is 0 Å². The van der Waals surface area contributed by atoms with Crippen LogP contribution in [-0.2, 0) is 0 Å². The summed E-state index contributed by atoms with van der Waals surface area (Å²) in [6.07, 6.45) is 4.07. The van der Waals surface area contributed by atoms with E-state index in [1.807, 2.05) is 10.9 Å². The molecule has 2 N–H and O–H groups in total. The highest BCUT2D eigenvalue weighted by Crippen LogP contribution is 2.25. The molecule has 0 aromatic carbocycles. The summed E-state index contributed by atoms with van der Waals surface area (Å²) >= 11 is 0. The summed E-state index contributed by atoms with van der Waals surface area (Å²) in [4.78, 5) is 9.04. The second-order valence-corrected chi connectivity index (χ2v) is 5.78. The molecule has 1 aliphatic rings. The molecule has 118 valence electrons. The van der Waals surface area contributed by atoms with Gasteiger partial charge in [-0.2, -0.15) is 5.10 Å². The van der Waals surface area contributed by atoms with Crippen molar-refractivity contribution in [2.45, 2.75) is 39.8 Å². The molecule has 6 nitrogen and oxygen atoms in total. The molecular formula is C15H28N6. The minimum atomic E-state index is 0.230. The van der Waals surface area contributed by atoms with Gasteiger partial charge in [-0.25, -0.2) is 0 Å². The second-order valence-electron chi connectivity index (χ2n) is 5.78. The first kappa shape index (κ1) is 15.8. The maximum absolute atomic E-state index is 6.07. The van der Waals surface area contributed by atoms with Crippen LogP contribution in [0.2, 0.25) is 0 Å². The standard InChI is InChI=1S/C15H28N6/c1-5-19(6-2)7-8-20-14(10-17-15(20)16)13-9-18-21(11-13)12(3)4/h9,11-12,14H,5-8,10H2,1-4H3,(H2,16,17). The first-order valence-electron chi connectivity index (χ1n) is 7.89. The van der Waals surface area contributed by atoms with E-state index in [4.69, 9.17) is 5.73 Å². The molecule has 1 aromatic rings. The number of likely N-dealkylation sites (N-methyl/N-ethyl adjacent to an activating group) is 1. The van der Waals surface area contributed by atoms with E-state index >= 15 is 0 Å². The third-order valence-electron chi connectivity index (χ3n) is 4.18. The lowest BCUT2D eigenvalue weighted by Gasteiger charge is -2.28. The molecule has 0 amide bonds. The van der Waals surface area contributed by atoms with E-state index in [-0.39, 0.29) is 6.04 Å². The van der Waals surface area contributed by atoms with Crippen LogP contribution in [0, 0.1) is 0 Å². The molecule has 0 radical (unpaired) electrons. The Morgan fingerprint density at radius 3 is 2.67 bits per heavy atom. The molecule has 21 heavy (non-hydrogen) atoms. The Kier molecular flexibility index (Phi) is 5.22. The largest absolute Gasteiger partial charge is 0.370 e. The van der Waals surface area contributed by atoms with Gasteiger partial charge >= 0.3 is 0 Å². The lowest BCUT2D eigenvalue weighted by Crippen LogP contribution is -2.41. The highest BCUT2D eigenvalue weighted by atomic mass is 15.3. The van der Waals surface area contributed by atoms with Crippen molar-refractivity contribution in [3.63, 3.8) is 0 Å². The Labute approximate surface area is 127 Å². The summed E-state index contributed by atoms with van der Waals surface area (Å²) in [7, 11) is 0. The van der Waals surface area contributed by atoms with Gasteiger partial charge in [0.2, 0.25) is 0 Å². The quantitative estimate of drug-likeness (QED) is 0.827. The van der Waals surface area contributed by atoms with Crippen LogP contribution in [0.1, 0.15) is 45.3 Å². The van der Waals surface area contributed by atoms with Crippen LogP contribution in [-0.4, -0.2) is 58.3 Å². The van der Waals surface area contributed by atoms with Crippen LogP contribution in [0.5, 0.6) is 0 Å². The molecule has 0 fully saturated rings. The molecule has 1 aliphatic heterocycles. The van der Waals surface area contributed by atoms with Crippen LogP contribution in [0.3, 0.4) is 0 Å². The van der Waals surface area contributed by atoms with Gasteiger partial charge in [0, 0.05) is 30.9 Å². The summed E-state index contributed by atoms with van der Waals surface area (Å²) in [5, 5.41) is 4.44. The Balaban J connectivity index is 2.04. The van der Waals surface area contributed by atoms with Crippen molar-refractivity contribution in [2.24, 2.45) is 10.7 Å². The van der Waals surface area contributed by atoms with Crippen molar-refractivity contribution in [3.05, 3.63) is 18.0 Å². The van der Waals surface area contributed by atoms with Gasteiger partial charge in [0.25, 0.3) is 0 Å². The monoisotopic (exact) mass is 292 g/mol. The maximum atomic E-state index is 6.07. The zero-order chi connectivity index (χ0) is 15.4. The van der Waals surface area contributed by atoms with E-state index in [1.165, 1.54) is 5.56 Å². The predicted octanol–water partition coefficient (Wildman–Crippen LogP) is 1.48. The van der Waals surface area contributed by atoms with Gasteiger partial charge in [-0.15, -0.1) is 0 Å². The normalized spacial score (nSPS) is 18.9. The summed E-state index contributed by atoms with van der Waals surface area (Å²) in [6, 6.07) is 0.607. The van der Waals surface area contributed by atoms with Crippen LogP contribution < -0.4 is 5.73 Å². The molecule has 0 saturated carbocycles. The average Bonchev–Trinajstić information content (AvgIpc) is 3.07. The molecule has 0 bridgehead atoms. The van der Waals surface area contributed by atoms with E-state index in [2.05, 4.69) is 53.8 Å². The third kappa shape index (κ3) is 3.56. The highest BCUT2D eigenvalue weighted by Gasteiger charge is 2.28. The van der Waals surface area contributed by atoms with E-state index in [0.29, 0.717) is 12.0 Å². The zero-order valence-electron chi connectivity index (χ0n) is 13.7. The van der Waals surface area contributed by atoms with Crippen molar-refractivity contribution in [3.8, 4) is 0 Å². The molecule has 1 unspecified atom stereocenters. The summed E-state index contributed by atoms with van der Waals surface area (Å²) < 4.78 is 1.99. The van der Waals surface area contributed by atoms with Crippen LogP contribution >= 0.6 is 0 Å². The van der Waals surface area contributed by atoms with Crippen LogP contribution in [0.15, 0.2) is 17.4 Å². The Morgan fingerprint density at radius 2 is 2.10 bits per heavy atom. The van der Waals surface area contributed by atoms with Gasteiger partial charge in [0.1, 0.15) is 0 Å². The summed E-state index contributed by atoms with van der Waals surface area (Å²) in [5.41, 5.74) is 7.27. The van der Waals surface area contributed by atoms with Crippen LogP contribution in [0.25, 0.3) is 0 Å².